The summed E-state index contributed by atoms with van der Waals surface area (Å²) in [7, 11) is 0. The average molecular weight is 188 g/mol. The summed E-state index contributed by atoms with van der Waals surface area (Å²) in [5.41, 5.74) is 0. The van der Waals surface area contributed by atoms with Crippen molar-refractivity contribution < 1.29 is 15.0 Å². The van der Waals surface area contributed by atoms with Crippen molar-refractivity contribution in [1.82, 2.24) is 0 Å². The smallest absolute Gasteiger partial charge is 0.303 e. The van der Waals surface area contributed by atoms with Gasteiger partial charge in [0.05, 0.1) is 6.10 Å². The quantitative estimate of drug-likeness (QED) is 0.574. The first-order chi connectivity index (χ1) is 6.16. The second-order valence-electron chi connectivity index (χ2n) is 3.44. The van der Waals surface area contributed by atoms with Crippen LogP contribution < -0.4 is 0 Å². The molecule has 0 aliphatic heterocycles. The van der Waals surface area contributed by atoms with Gasteiger partial charge in [-0.05, 0) is 19.3 Å². The molecule has 0 spiro atoms. The van der Waals surface area contributed by atoms with Crippen LogP contribution in [0, 0.1) is 0 Å². The third-order valence-electron chi connectivity index (χ3n) is 2.07. The molecule has 0 heterocycles. The van der Waals surface area contributed by atoms with E-state index in [0.29, 0.717) is 12.8 Å². The van der Waals surface area contributed by atoms with E-state index in [1.807, 2.05) is 0 Å². The predicted octanol–water partition coefficient (Wildman–Crippen LogP) is 2.18. The van der Waals surface area contributed by atoms with E-state index in [4.69, 9.17) is 5.11 Å². The Kier molecular flexibility index (Phi) is 7.69. The number of rotatable bonds is 8. The normalized spacial score (nSPS) is 12.8. The first-order valence-corrected chi connectivity index (χ1v) is 5.06. The second-order valence-corrected chi connectivity index (χ2v) is 3.44. The van der Waals surface area contributed by atoms with Crippen LogP contribution in [0.25, 0.3) is 0 Å². The second kappa shape index (κ2) is 8.05. The fraction of sp³-hybridized carbons (Fsp3) is 0.900. The standard InChI is InChI=1S/C10H20O3/c1-2-3-4-6-9(11)7-5-8-10(12)13/h9,11H,2-8H2,1H3,(H,12,13)/t9-/m0/s1. The summed E-state index contributed by atoms with van der Waals surface area (Å²) in [6.07, 6.45) is 5.24. The first-order valence-electron chi connectivity index (χ1n) is 5.06. The van der Waals surface area contributed by atoms with Gasteiger partial charge in [-0.1, -0.05) is 26.2 Å². The zero-order valence-corrected chi connectivity index (χ0v) is 8.33. The zero-order valence-electron chi connectivity index (χ0n) is 8.33. The maximum Gasteiger partial charge on any atom is 0.303 e. The Morgan fingerprint density at radius 1 is 1.23 bits per heavy atom. The van der Waals surface area contributed by atoms with Gasteiger partial charge in [0.1, 0.15) is 0 Å². The van der Waals surface area contributed by atoms with E-state index >= 15 is 0 Å². The van der Waals surface area contributed by atoms with E-state index in [0.717, 1.165) is 25.7 Å². The first kappa shape index (κ1) is 12.4. The molecule has 3 nitrogen and oxygen atoms in total. The molecule has 0 aliphatic carbocycles. The Morgan fingerprint density at radius 3 is 2.38 bits per heavy atom. The minimum absolute atomic E-state index is 0.171. The van der Waals surface area contributed by atoms with Crippen molar-refractivity contribution in [3.63, 3.8) is 0 Å². The lowest BCUT2D eigenvalue weighted by molar-refractivity contribution is -0.137. The molecule has 0 aromatic rings. The molecule has 0 saturated heterocycles. The number of unbranched alkanes of at least 4 members (excludes halogenated alkanes) is 2. The summed E-state index contributed by atoms with van der Waals surface area (Å²) in [6, 6.07) is 0. The summed E-state index contributed by atoms with van der Waals surface area (Å²) in [4.78, 5) is 10.2. The van der Waals surface area contributed by atoms with Crippen LogP contribution in [0.1, 0.15) is 51.9 Å². The van der Waals surface area contributed by atoms with Gasteiger partial charge in [-0.2, -0.15) is 0 Å². The Hall–Kier alpha value is -0.570. The van der Waals surface area contributed by atoms with E-state index in [2.05, 4.69) is 6.92 Å². The highest BCUT2D eigenvalue weighted by Gasteiger charge is 2.04. The van der Waals surface area contributed by atoms with Crippen molar-refractivity contribution in [3.05, 3.63) is 0 Å². The molecule has 0 rings (SSSR count). The molecule has 3 heteroatoms. The summed E-state index contributed by atoms with van der Waals surface area (Å²) in [6.45, 7) is 2.12. The molecular formula is C10H20O3. The molecule has 0 aliphatic rings. The summed E-state index contributed by atoms with van der Waals surface area (Å²) < 4.78 is 0. The topological polar surface area (TPSA) is 57.5 Å². The fourth-order valence-electron chi connectivity index (χ4n) is 1.26. The van der Waals surface area contributed by atoms with Crippen molar-refractivity contribution in [2.75, 3.05) is 0 Å². The van der Waals surface area contributed by atoms with Gasteiger partial charge in [-0.15, -0.1) is 0 Å². The summed E-state index contributed by atoms with van der Waals surface area (Å²) >= 11 is 0. The van der Waals surface area contributed by atoms with E-state index in [1.54, 1.807) is 0 Å². The lowest BCUT2D eigenvalue weighted by atomic mass is 10.1. The van der Waals surface area contributed by atoms with Gasteiger partial charge in [0.15, 0.2) is 0 Å². The van der Waals surface area contributed by atoms with Gasteiger partial charge in [-0.3, -0.25) is 4.79 Å². The van der Waals surface area contributed by atoms with Gasteiger partial charge in [0.2, 0.25) is 0 Å². The molecule has 0 saturated carbocycles. The van der Waals surface area contributed by atoms with Crippen LogP contribution in [-0.2, 0) is 4.79 Å². The Labute approximate surface area is 79.8 Å². The van der Waals surface area contributed by atoms with E-state index < -0.39 is 5.97 Å². The average Bonchev–Trinajstić information content (AvgIpc) is 2.04. The minimum atomic E-state index is -0.777. The van der Waals surface area contributed by atoms with E-state index in [9.17, 15) is 9.90 Å². The molecule has 13 heavy (non-hydrogen) atoms. The number of carboxylic acids is 1. The third kappa shape index (κ3) is 9.34. The van der Waals surface area contributed by atoms with Crippen molar-refractivity contribution in [3.8, 4) is 0 Å². The van der Waals surface area contributed by atoms with E-state index in [-0.39, 0.29) is 12.5 Å². The van der Waals surface area contributed by atoms with Crippen molar-refractivity contribution in [2.24, 2.45) is 0 Å². The summed E-state index contributed by atoms with van der Waals surface area (Å²) in [5.74, 6) is -0.777. The SMILES string of the molecule is CCCCC[C@H](O)CCCC(=O)O. The number of carboxylic acid groups (broad SMARTS) is 1. The lowest BCUT2D eigenvalue weighted by Gasteiger charge is -2.08. The van der Waals surface area contributed by atoms with Crippen LogP contribution >= 0.6 is 0 Å². The molecule has 0 amide bonds. The molecule has 78 valence electrons. The highest BCUT2D eigenvalue weighted by molar-refractivity contribution is 5.66. The third-order valence-corrected chi connectivity index (χ3v) is 2.07. The van der Waals surface area contributed by atoms with Crippen LogP contribution in [0.5, 0.6) is 0 Å². The van der Waals surface area contributed by atoms with E-state index in [1.165, 1.54) is 0 Å². The molecular weight excluding hydrogens is 168 g/mol. The zero-order chi connectivity index (χ0) is 10.1. The van der Waals surface area contributed by atoms with Crippen molar-refractivity contribution in [2.45, 2.75) is 58.0 Å². The number of aliphatic carboxylic acids is 1. The number of hydrogen-bond acceptors (Lipinski definition) is 2. The maximum atomic E-state index is 10.2. The van der Waals surface area contributed by atoms with Gasteiger partial charge in [0.25, 0.3) is 0 Å². The fourth-order valence-corrected chi connectivity index (χ4v) is 1.26. The van der Waals surface area contributed by atoms with Gasteiger partial charge < -0.3 is 10.2 Å². The van der Waals surface area contributed by atoms with Crippen LogP contribution in [0.2, 0.25) is 0 Å². The largest absolute Gasteiger partial charge is 0.481 e. The highest BCUT2D eigenvalue weighted by Crippen LogP contribution is 2.09. The number of aliphatic hydroxyl groups excluding tert-OH is 1. The summed E-state index contributed by atoms with van der Waals surface area (Å²) in [5, 5.41) is 17.8. The molecule has 1 atom stereocenters. The molecule has 0 unspecified atom stereocenters. The number of aliphatic hydroxyl groups is 1. The molecule has 0 radical (unpaired) electrons. The van der Waals surface area contributed by atoms with Crippen molar-refractivity contribution in [1.29, 1.82) is 0 Å². The van der Waals surface area contributed by atoms with Crippen molar-refractivity contribution >= 4 is 5.97 Å². The monoisotopic (exact) mass is 188 g/mol. The molecule has 0 bridgehead atoms. The Morgan fingerprint density at radius 2 is 1.85 bits per heavy atom. The van der Waals surface area contributed by atoms with Gasteiger partial charge >= 0.3 is 5.97 Å². The van der Waals surface area contributed by atoms with Crippen LogP contribution in [0.15, 0.2) is 0 Å². The maximum absolute atomic E-state index is 10.2. The van der Waals surface area contributed by atoms with Crippen LogP contribution in [-0.4, -0.2) is 22.3 Å². The van der Waals surface area contributed by atoms with Gasteiger partial charge in [-0.25, -0.2) is 0 Å². The predicted molar refractivity (Wildman–Crippen MR) is 51.6 cm³/mol. The number of hydrogen-bond donors (Lipinski definition) is 2. The number of carbonyl (C=O) groups is 1. The molecule has 0 aromatic carbocycles. The Bertz CT molecular complexity index is 134. The van der Waals surface area contributed by atoms with Crippen LogP contribution in [0.4, 0.5) is 0 Å². The Balaban J connectivity index is 3.19. The highest BCUT2D eigenvalue weighted by atomic mass is 16.4. The van der Waals surface area contributed by atoms with Crippen LogP contribution in [0.3, 0.4) is 0 Å². The molecule has 0 aromatic heterocycles. The lowest BCUT2D eigenvalue weighted by Crippen LogP contribution is -2.07. The molecule has 2 N–H and O–H groups in total. The minimum Gasteiger partial charge on any atom is -0.481 e. The molecule has 0 fully saturated rings. The van der Waals surface area contributed by atoms with Gasteiger partial charge in [0, 0.05) is 6.42 Å².